The fourth-order valence-corrected chi connectivity index (χ4v) is 1.64. The molecule has 0 aromatic rings. The lowest BCUT2D eigenvalue weighted by atomic mass is 10.1. The van der Waals surface area contributed by atoms with Gasteiger partial charge in [-0.2, -0.15) is 0 Å². The molecular weight excluding hydrogens is 138 g/mol. The molecular formula is C9H17NO. The van der Waals surface area contributed by atoms with Gasteiger partial charge in [0, 0.05) is 12.6 Å². The molecule has 1 aliphatic heterocycles. The van der Waals surface area contributed by atoms with Crippen molar-refractivity contribution in [3.05, 3.63) is 0 Å². The summed E-state index contributed by atoms with van der Waals surface area (Å²) in [5.41, 5.74) is 0. The highest BCUT2D eigenvalue weighted by molar-refractivity contribution is 4.83. The number of ether oxygens (including phenoxy) is 1. The lowest BCUT2D eigenvalue weighted by molar-refractivity contribution is 0.113. The minimum Gasteiger partial charge on any atom is -0.377 e. The van der Waals surface area contributed by atoms with Gasteiger partial charge < -0.3 is 10.1 Å². The summed E-state index contributed by atoms with van der Waals surface area (Å²) in [7, 11) is 0. The molecule has 0 aromatic carbocycles. The molecule has 2 aliphatic rings. The maximum absolute atomic E-state index is 5.46. The van der Waals surface area contributed by atoms with Gasteiger partial charge in [-0.15, -0.1) is 0 Å². The van der Waals surface area contributed by atoms with Crippen LogP contribution in [0.2, 0.25) is 0 Å². The first-order valence-corrected chi connectivity index (χ1v) is 4.71. The minimum absolute atomic E-state index is 0.439. The van der Waals surface area contributed by atoms with Gasteiger partial charge in [0.2, 0.25) is 0 Å². The Hall–Kier alpha value is -0.0800. The van der Waals surface area contributed by atoms with E-state index in [1.54, 1.807) is 0 Å². The fourth-order valence-electron chi connectivity index (χ4n) is 1.64. The molecule has 0 aromatic heterocycles. The van der Waals surface area contributed by atoms with Gasteiger partial charge in [-0.05, 0) is 38.6 Å². The third-order valence-electron chi connectivity index (χ3n) is 2.74. The van der Waals surface area contributed by atoms with Crippen molar-refractivity contribution in [1.29, 1.82) is 0 Å². The Bertz CT molecular complexity index is 134. The van der Waals surface area contributed by atoms with Crippen LogP contribution >= 0.6 is 0 Å². The van der Waals surface area contributed by atoms with Crippen LogP contribution in [0, 0.1) is 5.92 Å². The van der Waals surface area contributed by atoms with Crippen LogP contribution in [0.4, 0.5) is 0 Å². The highest BCUT2D eigenvalue weighted by atomic mass is 16.5. The molecule has 1 saturated carbocycles. The van der Waals surface area contributed by atoms with E-state index in [1.807, 2.05) is 0 Å². The van der Waals surface area contributed by atoms with E-state index >= 15 is 0 Å². The zero-order valence-electron chi connectivity index (χ0n) is 7.18. The molecule has 2 rings (SSSR count). The predicted octanol–water partition coefficient (Wildman–Crippen LogP) is 1.16. The standard InChI is InChI=1S/C9H17NO/c1-7-9(4-5-11-7)10-6-8-2-3-8/h7-10H,2-6H2,1H3. The van der Waals surface area contributed by atoms with Crippen LogP contribution in [-0.2, 0) is 4.74 Å². The molecule has 0 radical (unpaired) electrons. The SMILES string of the molecule is CC1OCCC1NCC1CC1. The van der Waals surface area contributed by atoms with Crippen molar-refractivity contribution < 1.29 is 4.74 Å². The molecule has 1 saturated heterocycles. The van der Waals surface area contributed by atoms with E-state index in [0.29, 0.717) is 12.1 Å². The van der Waals surface area contributed by atoms with Crippen molar-refractivity contribution in [3.8, 4) is 0 Å². The quantitative estimate of drug-likeness (QED) is 0.660. The number of hydrogen-bond donors (Lipinski definition) is 1. The van der Waals surface area contributed by atoms with E-state index in [4.69, 9.17) is 4.74 Å². The average Bonchev–Trinajstić information content (AvgIpc) is 2.73. The lowest BCUT2D eigenvalue weighted by Crippen LogP contribution is -2.35. The van der Waals surface area contributed by atoms with E-state index < -0.39 is 0 Å². The Morgan fingerprint density at radius 2 is 2.18 bits per heavy atom. The van der Waals surface area contributed by atoms with Crippen LogP contribution in [0.3, 0.4) is 0 Å². The van der Waals surface area contributed by atoms with Crippen molar-refractivity contribution in [2.24, 2.45) is 5.92 Å². The van der Waals surface area contributed by atoms with Crippen molar-refractivity contribution in [2.45, 2.75) is 38.3 Å². The van der Waals surface area contributed by atoms with Gasteiger partial charge in [0.25, 0.3) is 0 Å². The molecule has 0 spiro atoms. The van der Waals surface area contributed by atoms with Gasteiger partial charge in [0.05, 0.1) is 6.10 Å². The topological polar surface area (TPSA) is 21.3 Å². The van der Waals surface area contributed by atoms with Gasteiger partial charge in [0.15, 0.2) is 0 Å². The average molecular weight is 155 g/mol. The van der Waals surface area contributed by atoms with Gasteiger partial charge in [-0.25, -0.2) is 0 Å². The molecule has 11 heavy (non-hydrogen) atoms. The molecule has 0 bridgehead atoms. The molecule has 0 amide bonds. The Morgan fingerprint density at radius 1 is 1.36 bits per heavy atom. The number of hydrogen-bond acceptors (Lipinski definition) is 2. The highest BCUT2D eigenvalue weighted by Gasteiger charge is 2.27. The maximum Gasteiger partial charge on any atom is 0.0700 e. The summed E-state index contributed by atoms with van der Waals surface area (Å²) in [5.74, 6) is 0.989. The second kappa shape index (κ2) is 3.11. The Morgan fingerprint density at radius 3 is 2.73 bits per heavy atom. The molecule has 1 aliphatic carbocycles. The summed E-state index contributed by atoms with van der Waals surface area (Å²) in [6, 6.07) is 0.635. The summed E-state index contributed by atoms with van der Waals surface area (Å²) in [4.78, 5) is 0. The first-order valence-electron chi connectivity index (χ1n) is 4.71. The summed E-state index contributed by atoms with van der Waals surface area (Å²) in [5, 5.41) is 3.57. The second-order valence-electron chi connectivity index (χ2n) is 3.82. The lowest BCUT2D eigenvalue weighted by Gasteiger charge is -2.15. The van der Waals surface area contributed by atoms with Crippen LogP contribution in [-0.4, -0.2) is 25.3 Å². The molecule has 2 fully saturated rings. The van der Waals surface area contributed by atoms with Gasteiger partial charge in [-0.3, -0.25) is 0 Å². The van der Waals surface area contributed by atoms with Gasteiger partial charge in [-0.1, -0.05) is 0 Å². The summed E-state index contributed by atoms with van der Waals surface area (Å²) in [6.45, 7) is 4.33. The van der Waals surface area contributed by atoms with E-state index in [0.717, 1.165) is 12.5 Å². The van der Waals surface area contributed by atoms with Crippen molar-refractivity contribution >= 4 is 0 Å². The molecule has 1 N–H and O–H groups in total. The molecule has 2 heteroatoms. The van der Waals surface area contributed by atoms with Crippen LogP contribution in [0.5, 0.6) is 0 Å². The van der Waals surface area contributed by atoms with E-state index in [-0.39, 0.29) is 0 Å². The molecule has 2 nitrogen and oxygen atoms in total. The third kappa shape index (κ3) is 1.94. The summed E-state index contributed by atoms with van der Waals surface area (Å²) < 4.78 is 5.46. The van der Waals surface area contributed by atoms with Crippen LogP contribution in [0.15, 0.2) is 0 Å². The van der Waals surface area contributed by atoms with Crippen LogP contribution in [0.1, 0.15) is 26.2 Å². The zero-order chi connectivity index (χ0) is 7.68. The Labute approximate surface area is 68.3 Å². The van der Waals surface area contributed by atoms with E-state index in [2.05, 4.69) is 12.2 Å². The second-order valence-corrected chi connectivity index (χ2v) is 3.82. The third-order valence-corrected chi connectivity index (χ3v) is 2.74. The monoisotopic (exact) mass is 155 g/mol. The van der Waals surface area contributed by atoms with Crippen molar-refractivity contribution in [2.75, 3.05) is 13.2 Å². The first-order chi connectivity index (χ1) is 5.36. The smallest absolute Gasteiger partial charge is 0.0700 e. The van der Waals surface area contributed by atoms with Crippen molar-refractivity contribution in [3.63, 3.8) is 0 Å². The fraction of sp³-hybridized carbons (Fsp3) is 1.00. The van der Waals surface area contributed by atoms with Crippen molar-refractivity contribution in [1.82, 2.24) is 5.32 Å². The molecule has 64 valence electrons. The normalized spacial score (nSPS) is 37.9. The number of nitrogens with one attached hydrogen (secondary N) is 1. The Kier molecular flexibility index (Phi) is 2.14. The van der Waals surface area contributed by atoms with E-state index in [9.17, 15) is 0 Å². The predicted molar refractivity (Wildman–Crippen MR) is 44.5 cm³/mol. The number of rotatable bonds is 3. The highest BCUT2D eigenvalue weighted by Crippen LogP contribution is 2.28. The van der Waals surface area contributed by atoms with E-state index in [1.165, 1.54) is 25.8 Å². The summed E-state index contributed by atoms with van der Waals surface area (Å²) in [6.07, 6.45) is 4.52. The maximum atomic E-state index is 5.46. The van der Waals surface area contributed by atoms with Crippen LogP contribution < -0.4 is 5.32 Å². The first kappa shape index (κ1) is 7.56. The minimum atomic E-state index is 0.439. The largest absolute Gasteiger partial charge is 0.377 e. The Balaban J connectivity index is 1.67. The molecule has 1 heterocycles. The van der Waals surface area contributed by atoms with Gasteiger partial charge in [0.1, 0.15) is 0 Å². The van der Waals surface area contributed by atoms with Gasteiger partial charge >= 0.3 is 0 Å². The zero-order valence-corrected chi connectivity index (χ0v) is 7.18. The summed E-state index contributed by atoms with van der Waals surface area (Å²) >= 11 is 0. The molecule has 2 atom stereocenters. The van der Waals surface area contributed by atoms with Crippen LogP contribution in [0.25, 0.3) is 0 Å². The molecule has 2 unspecified atom stereocenters.